The minimum atomic E-state index is -0.388. The fourth-order valence-corrected chi connectivity index (χ4v) is 5.40. The Morgan fingerprint density at radius 3 is 2.60 bits per heavy atom. The van der Waals surface area contributed by atoms with Gasteiger partial charge in [0.25, 0.3) is 0 Å². The highest BCUT2D eigenvalue weighted by Crippen LogP contribution is 2.51. The number of hydrogen-bond acceptors (Lipinski definition) is 6. The number of nitrogens with zero attached hydrogens (tertiary/aromatic N) is 1. The fraction of sp³-hybridized carbons (Fsp3) is 0.483. The average Bonchev–Trinajstić information content (AvgIpc) is 3.37. The van der Waals surface area contributed by atoms with E-state index in [1.165, 1.54) is 0 Å². The molecule has 0 unspecified atom stereocenters. The van der Waals surface area contributed by atoms with Gasteiger partial charge in [-0.2, -0.15) is 0 Å². The number of carbonyl (C=O) groups excluding carboxylic acids is 1. The van der Waals surface area contributed by atoms with E-state index in [0.717, 1.165) is 91.6 Å². The third kappa shape index (κ3) is 4.57. The molecule has 6 nitrogen and oxygen atoms in total. The molecule has 186 valence electrons. The number of fused-ring (bicyclic) bond motifs is 3. The molecule has 1 aliphatic carbocycles. The Morgan fingerprint density at radius 1 is 1.11 bits per heavy atom. The van der Waals surface area contributed by atoms with Crippen LogP contribution in [0.2, 0.25) is 0 Å². The molecule has 2 aliphatic heterocycles. The van der Waals surface area contributed by atoms with Crippen molar-refractivity contribution in [3.8, 4) is 17.2 Å². The van der Waals surface area contributed by atoms with Gasteiger partial charge in [0.05, 0.1) is 39.1 Å². The summed E-state index contributed by atoms with van der Waals surface area (Å²) < 4.78 is 23.3. The van der Waals surface area contributed by atoms with Gasteiger partial charge in [-0.05, 0) is 43.1 Å². The highest BCUT2D eigenvalue weighted by molar-refractivity contribution is 6.32. The Kier molecular flexibility index (Phi) is 6.85. The number of ether oxygens (including phenoxy) is 4. The second kappa shape index (κ2) is 10.0. The zero-order valence-electron chi connectivity index (χ0n) is 21.0. The number of morpholine rings is 1. The lowest BCUT2D eigenvalue weighted by molar-refractivity contribution is 0.0355. The van der Waals surface area contributed by atoms with Crippen LogP contribution in [-0.2, 0) is 16.6 Å². The lowest BCUT2D eigenvalue weighted by Crippen LogP contribution is -2.40. The quantitative estimate of drug-likeness (QED) is 0.550. The molecular formula is C29H35NO5. The molecule has 0 amide bonds. The van der Waals surface area contributed by atoms with Gasteiger partial charge in [0.2, 0.25) is 0 Å². The van der Waals surface area contributed by atoms with Crippen molar-refractivity contribution in [3.05, 3.63) is 58.7 Å². The Labute approximate surface area is 207 Å². The van der Waals surface area contributed by atoms with Crippen LogP contribution < -0.4 is 14.2 Å². The standard InChI is InChI=1S/C29H35NO5/c1-4-14-34-24-18-21-9-15-35-28(21)25-26(24)29(2,10-11-30-12-16-33-17-13-30)19-23(27(25)31)20-5-7-22(32-3)8-6-20/h5-8,18-19H,4,9-17H2,1-3H3/t29-/m0/s1. The van der Waals surface area contributed by atoms with E-state index in [0.29, 0.717) is 18.8 Å². The lowest BCUT2D eigenvalue weighted by atomic mass is 9.68. The topological polar surface area (TPSA) is 57.2 Å². The molecule has 2 aromatic carbocycles. The molecule has 2 aromatic rings. The maximum absolute atomic E-state index is 14.1. The average molecular weight is 478 g/mol. The minimum Gasteiger partial charge on any atom is -0.497 e. The third-order valence-electron chi connectivity index (χ3n) is 7.36. The van der Waals surface area contributed by atoms with Gasteiger partial charge >= 0.3 is 0 Å². The number of methoxy groups -OCH3 is 1. The van der Waals surface area contributed by atoms with E-state index in [9.17, 15) is 4.79 Å². The van der Waals surface area contributed by atoms with Crippen LogP contribution in [-0.4, -0.2) is 63.9 Å². The van der Waals surface area contributed by atoms with Crippen LogP contribution in [0.15, 0.2) is 36.4 Å². The van der Waals surface area contributed by atoms with E-state index in [1.807, 2.05) is 24.3 Å². The van der Waals surface area contributed by atoms with Crippen molar-refractivity contribution in [3.63, 3.8) is 0 Å². The van der Waals surface area contributed by atoms with E-state index in [-0.39, 0.29) is 11.2 Å². The molecule has 5 rings (SSSR count). The van der Waals surface area contributed by atoms with Gasteiger partial charge in [0.15, 0.2) is 5.78 Å². The number of rotatable bonds is 8. The zero-order chi connectivity index (χ0) is 24.4. The van der Waals surface area contributed by atoms with Crippen LogP contribution >= 0.6 is 0 Å². The Balaban J connectivity index is 1.63. The van der Waals surface area contributed by atoms with Gasteiger partial charge in [-0.1, -0.05) is 32.1 Å². The first-order valence-corrected chi connectivity index (χ1v) is 12.7. The molecule has 2 heterocycles. The van der Waals surface area contributed by atoms with Crippen LogP contribution in [0.5, 0.6) is 17.2 Å². The Bertz CT molecular complexity index is 1120. The van der Waals surface area contributed by atoms with E-state index < -0.39 is 0 Å². The van der Waals surface area contributed by atoms with Crippen LogP contribution in [0.3, 0.4) is 0 Å². The lowest BCUT2D eigenvalue weighted by Gasteiger charge is -2.38. The molecule has 3 aliphatic rings. The summed E-state index contributed by atoms with van der Waals surface area (Å²) in [5.74, 6) is 2.35. The maximum atomic E-state index is 14.1. The van der Waals surface area contributed by atoms with Gasteiger partial charge in [-0.3, -0.25) is 9.69 Å². The molecule has 1 atom stereocenters. The van der Waals surface area contributed by atoms with Crippen molar-refractivity contribution in [2.45, 2.75) is 38.5 Å². The first-order chi connectivity index (χ1) is 17.0. The molecule has 35 heavy (non-hydrogen) atoms. The minimum absolute atomic E-state index is 0.00844. The largest absolute Gasteiger partial charge is 0.497 e. The predicted molar refractivity (Wildman–Crippen MR) is 136 cm³/mol. The van der Waals surface area contributed by atoms with Crippen molar-refractivity contribution in [1.29, 1.82) is 0 Å². The van der Waals surface area contributed by atoms with Crippen molar-refractivity contribution < 1.29 is 23.7 Å². The first kappa shape index (κ1) is 23.9. The van der Waals surface area contributed by atoms with E-state index in [4.69, 9.17) is 18.9 Å². The van der Waals surface area contributed by atoms with Gasteiger partial charge in [0.1, 0.15) is 17.2 Å². The predicted octanol–water partition coefficient (Wildman–Crippen LogP) is 4.68. The second-order valence-electron chi connectivity index (χ2n) is 9.80. The van der Waals surface area contributed by atoms with Crippen molar-refractivity contribution >= 4 is 11.4 Å². The molecule has 0 N–H and O–H groups in total. The molecule has 0 radical (unpaired) electrons. The summed E-state index contributed by atoms with van der Waals surface area (Å²) in [5.41, 5.74) is 3.95. The maximum Gasteiger partial charge on any atom is 0.197 e. The van der Waals surface area contributed by atoms with E-state index in [2.05, 4.69) is 30.9 Å². The SMILES string of the molecule is CCCOc1cc2c(c3c1[C@@](C)(CCN1CCOCC1)C=C(c1ccc(OC)cc1)C3=O)OCC2. The molecule has 0 bridgehead atoms. The van der Waals surface area contributed by atoms with E-state index in [1.54, 1.807) is 7.11 Å². The summed E-state index contributed by atoms with van der Waals surface area (Å²) in [6.07, 6.45) is 4.74. The van der Waals surface area contributed by atoms with Crippen LogP contribution in [0.4, 0.5) is 0 Å². The van der Waals surface area contributed by atoms with Crippen molar-refractivity contribution in [1.82, 2.24) is 4.90 Å². The number of hydrogen-bond donors (Lipinski definition) is 0. The van der Waals surface area contributed by atoms with Crippen molar-refractivity contribution in [2.75, 3.05) is 53.2 Å². The van der Waals surface area contributed by atoms with E-state index >= 15 is 0 Å². The molecular weight excluding hydrogens is 442 g/mol. The zero-order valence-corrected chi connectivity index (χ0v) is 21.0. The van der Waals surface area contributed by atoms with Crippen LogP contribution in [0, 0.1) is 0 Å². The number of benzene rings is 2. The molecule has 0 saturated carbocycles. The van der Waals surface area contributed by atoms with Gasteiger partial charge in [-0.25, -0.2) is 0 Å². The highest BCUT2D eigenvalue weighted by Gasteiger charge is 2.42. The Morgan fingerprint density at radius 2 is 1.89 bits per heavy atom. The number of allylic oxidation sites excluding steroid dienone is 2. The highest BCUT2D eigenvalue weighted by atomic mass is 16.5. The summed E-state index contributed by atoms with van der Waals surface area (Å²) in [6.45, 7) is 9.89. The summed E-state index contributed by atoms with van der Waals surface area (Å²) in [6, 6.07) is 9.86. The molecule has 0 aromatic heterocycles. The van der Waals surface area contributed by atoms with Gasteiger partial charge in [-0.15, -0.1) is 0 Å². The number of Topliss-reactive ketones (excluding diaryl/α,β-unsaturated/α-hetero) is 1. The molecule has 6 heteroatoms. The summed E-state index contributed by atoms with van der Waals surface area (Å²) in [4.78, 5) is 16.5. The molecule has 0 spiro atoms. The smallest absolute Gasteiger partial charge is 0.197 e. The van der Waals surface area contributed by atoms with Gasteiger partial charge in [0, 0.05) is 41.6 Å². The fourth-order valence-electron chi connectivity index (χ4n) is 5.40. The number of ketones is 1. The normalized spacial score (nSPS) is 21.7. The summed E-state index contributed by atoms with van der Waals surface area (Å²) >= 11 is 0. The second-order valence-corrected chi connectivity index (χ2v) is 9.80. The monoisotopic (exact) mass is 477 g/mol. The van der Waals surface area contributed by atoms with Crippen LogP contribution in [0.25, 0.3) is 5.57 Å². The van der Waals surface area contributed by atoms with Gasteiger partial charge < -0.3 is 18.9 Å². The number of carbonyl (C=O) groups is 1. The molecule has 1 fully saturated rings. The van der Waals surface area contributed by atoms with Crippen LogP contribution in [0.1, 0.15) is 53.7 Å². The Hall–Kier alpha value is -2.83. The first-order valence-electron chi connectivity index (χ1n) is 12.7. The van der Waals surface area contributed by atoms with Crippen molar-refractivity contribution in [2.24, 2.45) is 0 Å². The molecule has 1 saturated heterocycles. The third-order valence-corrected chi connectivity index (χ3v) is 7.36. The summed E-state index contributed by atoms with van der Waals surface area (Å²) in [5, 5.41) is 0. The summed E-state index contributed by atoms with van der Waals surface area (Å²) in [7, 11) is 1.65.